The van der Waals surface area contributed by atoms with Crippen molar-refractivity contribution in [2.75, 3.05) is 26.9 Å². The lowest BCUT2D eigenvalue weighted by Crippen LogP contribution is -2.09. The largest absolute Gasteiger partial charge is 0.383 e. The van der Waals surface area contributed by atoms with E-state index in [0.717, 1.165) is 38.4 Å². The molecule has 0 aromatic carbocycles. The highest BCUT2D eigenvalue weighted by Crippen LogP contribution is 2.06. The first-order chi connectivity index (χ1) is 6.66. The Labute approximate surface area is 92.9 Å². The molecule has 0 N–H and O–H groups in total. The minimum absolute atomic E-state index is 0.133. The summed E-state index contributed by atoms with van der Waals surface area (Å²) < 4.78 is 10.4. The molecule has 0 saturated heterocycles. The summed E-state index contributed by atoms with van der Waals surface area (Å²) in [6, 6.07) is 0. The van der Waals surface area contributed by atoms with E-state index in [-0.39, 0.29) is 5.38 Å². The van der Waals surface area contributed by atoms with Crippen LogP contribution in [0.25, 0.3) is 0 Å². The summed E-state index contributed by atoms with van der Waals surface area (Å²) in [6.07, 6.45) is 3.13. The molecule has 0 aliphatic heterocycles. The molecule has 0 heterocycles. The fourth-order valence-corrected chi connectivity index (χ4v) is 1.37. The Morgan fingerprint density at radius 2 is 1.86 bits per heavy atom. The summed E-state index contributed by atoms with van der Waals surface area (Å²) in [5.41, 5.74) is 0. The first kappa shape index (κ1) is 14.2. The zero-order chi connectivity index (χ0) is 10.8. The number of hydrogen-bond donors (Lipinski definition) is 0. The van der Waals surface area contributed by atoms with Gasteiger partial charge in [-0.1, -0.05) is 13.8 Å². The van der Waals surface area contributed by atoms with E-state index in [1.807, 2.05) is 0 Å². The molecule has 0 bridgehead atoms. The Balaban J connectivity index is 3.05. The van der Waals surface area contributed by atoms with Crippen LogP contribution in [-0.2, 0) is 9.47 Å². The Morgan fingerprint density at radius 1 is 1.14 bits per heavy atom. The van der Waals surface area contributed by atoms with Crippen LogP contribution in [0.3, 0.4) is 0 Å². The van der Waals surface area contributed by atoms with Crippen LogP contribution in [0.1, 0.15) is 33.1 Å². The molecule has 14 heavy (non-hydrogen) atoms. The average Bonchev–Trinajstić information content (AvgIpc) is 2.11. The van der Waals surface area contributed by atoms with E-state index in [1.165, 1.54) is 0 Å². The lowest BCUT2D eigenvalue weighted by atomic mass is 10.1. The van der Waals surface area contributed by atoms with Gasteiger partial charge < -0.3 is 9.47 Å². The first-order valence-electron chi connectivity index (χ1n) is 5.37. The maximum Gasteiger partial charge on any atom is 0.0626 e. The minimum atomic E-state index is 0.133. The third kappa shape index (κ3) is 10.3. The van der Waals surface area contributed by atoms with Crippen LogP contribution in [0, 0.1) is 5.92 Å². The van der Waals surface area contributed by atoms with Crippen LogP contribution in [0.2, 0.25) is 0 Å². The maximum absolute atomic E-state index is 5.96. The number of methoxy groups -OCH3 is 1. The highest BCUT2D eigenvalue weighted by atomic mass is 35.5. The molecule has 1 unspecified atom stereocenters. The Hall–Kier alpha value is 0.210. The van der Waals surface area contributed by atoms with Crippen molar-refractivity contribution in [3.05, 3.63) is 0 Å². The van der Waals surface area contributed by atoms with Gasteiger partial charge in [0.1, 0.15) is 0 Å². The second kappa shape index (κ2) is 9.75. The molecule has 0 aliphatic rings. The van der Waals surface area contributed by atoms with Crippen molar-refractivity contribution >= 4 is 11.6 Å². The molecule has 0 aromatic heterocycles. The first-order valence-corrected chi connectivity index (χ1v) is 5.81. The van der Waals surface area contributed by atoms with Gasteiger partial charge in [0.05, 0.1) is 12.0 Å². The number of alkyl halides is 1. The van der Waals surface area contributed by atoms with Gasteiger partial charge in [-0.05, 0) is 25.2 Å². The van der Waals surface area contributed by atoms with Crippen LogP contribution in [0.4, 0.5) is 0 Å². The van der Waals surface area contributed by atoms with Gasteiger partial charge in [-0.2, -0.15) is 0 Å². The fourth-order valence-electron chi connectivity index (χ4n) is 1.09. The molecule has 1 atom stereocenters. The quantitative estimate of drug-likeness (QED) is 0.441. The lowest BCUT2D eigenvalue weighted by molar-refractivity contribution is 0.117. The van der Waals surface area contributed by atoms with Gasteiger partial charge in [0.15, 0.2) is 0 Å². The maximum atomic E-state index is 5.96. The molecule has 0 rings (SSSR count). The zero-order valence-electron chi connectivity index (χ0n) is 9.59. The van der Waals surface area contributed by atoms with Gasteiger partial charge in [-0.25, -0.2) is 0 Å². The molecule has 2 nitrogen and oxygen atoms in total. The van der Waals surface area contributed by atoms with Gasteiger partial charge in [-0.3, -0.25) is 0 Å². The van der Waals surface area contributed by atoms with Crippen LogP contribution >= 0.6 is 11.6 Å². The third-order valence-electron chi connectivity index (χ3n) is 1.99. The highest BCUT2D eigenvalue weighted by Gasteiger charge is 2.02. The van der Waals surface area contributed by atoms with Crippen LogP contribution in [0.5, 0.6) is 0 Å². The number of ether oxygens (including phenoxy) is 2. The van der Waals surface area contributed by atoms with E-state index in [2.05, 4.69) is 13.8 Å². The molecule has 0 spiro atoms. The number of halogens is 1. The van der Waals surface area contributed by atoms with Crippen molar-refractivity contribution in [2.24, 2.45) is 5.92 Å². The summed E-state index contributed by atoms with van der Waals surface area (Å²) in [5, 5.41) is 0.133. The Bertz CT molecular complexity index is 118. The van der Waals surface area contributed by atoms with E-state index < -0.39 is 0 Å². The standard InChI is InChI=1S/C11H23ClO2/c1-10(2)6-8-14-7-4-5-11(12)9-13-3/h10-11H,4-9H2,1-3H3. The SMILES string of the molecule is COCC(Cl)CCCOCCC(C)C. The molecule has 0 amide bonds. The van der Waals surface area contributed by atoms with Gasteiger partial charge in [-0.15, -0.1) is 11.6 Å². The fraction of sp³-hybridized carbons (Fsp3) is 1.00. The minimum Gasteiger partial charge on any atom is -0.383 e. The molecule has 0 aromatic rings. The number of rotatable bonds is 9. The Morgan fingerprint density at radius 3 is 2.43 bits per heavy atom. The zero-order valence-corrected chi connectivity index (χ0v) is 10.3. The lowest BCUT2D eigenvalue weighted by Gasteiger charge is -2.09. The molecule has 3 heteroatoms. The van der Waals surface area contributed by atoms with E-state index in [4.69, 9.17) is 21.1 Å². The van der Waals surface area contributed by atoms with Crippen molar-refractivity contribution in [3.8, 4) is 0 Å². The van der Waals surface area contributed by atoms with E-state index in [0.29, 0.717) is 6.61 Å². The van der Waals surface area contributed by atoms with Crippen molar-refractivity contribution < 1.29 is 9.47 Å². The van der Waals surface area contributed by atoms with Crippen molar-refractivity contribution in [3.63, 3.8) is 0 Å². The van der Waals surface area contributed by atoms with Gasteiger partial charge in [0, 0.05) is 20.3 Å². The smallest absolute Gasteiger partial charge is 0.0626 e. The summed E-state index contributed by atoms with van der Waals surface area (Å²) in [4.78, 5) is 0. The summed E-state index contributed by atoms with van der Waals surface area (Å²) in [7, 11) is 1.68. The molecular weight excluding hydrogens is 200 g/mol. The number of hydrogen-bond acceptors (Lipinski definition) is 2. The van der Waals surface area contributed by atoms with Crippen LogP contribution in [0.15, 0.2) is 0 Å². The molecular formula is C11H23ClO2. The second-order valence-electron chi connectivity index (χ2n) is 3.99. The average molecular weight is 223 g/mol. The van der Waals surface area contributed by atoms with E-state index in [1.54, 1.807) is 7.11 Å². The summed E-state index contributed by atoms with van der Waals surface area (Å²) >= 11 is 5.96. The van der Waals surface area contributed by atoms with E-state index >= 15 is 0 Å². The van der Waals surface area contributed by atoms with Gasteiger partial charge in [0.25, 0.3) is 0 Å². The predicted molar refractivity (Wildman–Crippen MR) is 61.0 cm³/mol. The van der Waals surface area contributed by atoms with Crippen LogP contribution in [-0.4, -0.2) is 32.3 Å². The summed E-state index contributed by atoms with van der Waals surface area (Å²) in [5.74, 6) is 0.726. The van der Waals surface area contributed by atoms with E-state index in [9.17, 15) is 0 Å². The molecule has 0 aliphatic carbocycles. The summed E-state index contributed by atoms with van der Waals surface area (Å²) in [6.45, 7) is 6.73. The second-order valence-corrected chi connectivity index (χ2v) is 4.61. The monoisotopic (exact) mass is 222 g/mol. The van der Waals surface area contributed by atoms with Crippen molar-refractivity contribution in [2.45, 2.75) is 38.5 Å². The Kier molecular flexibility index (Phi) is 9.90. The highest BCUT2D eigenvalue weighted by molar-refractivity contribution is 6.20. The van der Waals surface area contributed by atoms with Gasteiger partial charge in [0.2, 0.25) is 0 Å². The third-order valence-corrected chi connectivity index (χ3v) is 2.34. The topological polar surface area (TPSA) is 18.5 Å². The van der Waals surface area contributed by atoms with Crippen molar-refractivity contribution in [1.82, 2.24) is 0 Å². The predicted octanol–water partition coefficient (Wildman–Crippen LogP) is 3.08. The normalized spacial score (nSPS) is 13.5. The van der Waals surface area contributed by atoms with Crippen LogP contribution < -0.4 is 0 Å². The molecule has 0 fully saturated rings. The van der Waals surface area contributed by atoms with Crippen molar-refractivity contribution in [1.29, 1.82) is 0 Å². The molecule has 86 valence electrons. The molecule has 0 radical (unpaired) electrons. The van der Waals surface area contributed by atoms with Gasteiger partial charge >= 0.3 is 0 Å². The molecule has 0 saturated carbocycles.